The summed E-state index contributed by atoms with van der Waals surface area (Å²) in [6.45, 7) is 8.36. The van der Waals surface area contributed by atoms with Gasteiger partial charge in [-0.25, -0.2) is 0 Å². The number of ether oxygens (including phenoxy) is 1. The molecule has 0 spiro atoms. The fraction of sp³-hybridized carbons (Fsp3) is 1.00. The summed E-state index contributed by atoms with van der Waals surface area (Å²) in [5.74, 6) is 0. The molecule has 0 aliphatic carbocycles. The Kier molecular flexibility index (Phi) is 4.11. The molecule has 2 heterocycles. The normalized spacial score (nSPS) is 34.9. The molecule has 2 atom stereocenters. The Bertz CT molecular complexity index is 241. The third-order valence-corrected chi connectivity index (χ3v) is 4.26. The van der Waals surface area contributed by atoms with Crippen LogP contribution in [0, 0.1) is 0 Å². The van der Waals surface area contributed by atoms with Gasteiger partial charge in [0.25, 0.3) is 0 Å². The smallest absolute Gasteiger partial charge is 0.0752 e. The Morgan fingerprint density at radius 1 is 1.24 bits per heavy atom. The first kappa shape index (κ1) is 13.3. The number of hydrogen-bond acceptors (Lipinski definition) is 3. The van der Waals surface area contributed by atoms with Gasteiger partial charge in [-0.05, 0) is 46.5 Å². The molecule has 3 heteroatoms. The summed E-state index contributed by atoms with van der Waals surface area (Å²) < 4.78 is 5.85. The molecule has 0 saturated carbocycles. The van der Waals surface area contributed by atoms with Crippen LogP contribution in [-0.4, -0.2) is 41.8 Å². The predicted molar refractivity (Wildman–Crippen MR) is 71.0 cm³/mol. The third kappa shape index (κ3) is 3.21. The predicted octanol–water partition coefficient (Wildman–Crippen LogP) is 2.15. The van der Waals surface area contributed by atoms with E-state index >= 15 is 0 Å². The number of rotatable bonds is 4. The molecule has 3 nitrogen and oxygen atoms in total. The van der Waals surface area contributed by atoms with Crippen molar-refractivity contribution in [2.24, 2.45) is 5.73 Å². The molecule has 17 heavy (non-hydrogen) atoms. The van der Waals surface area contributed by atoms with E-state index in [9.17, 15) is 0 Å². The minimum absolute atomic E-state index is 0.0238. The average Bonchev–Trinajstić information content (AvgIpc) is 2.18. The van der Waals surface area contributed by atoms with E-state index in [1.807, 2.05) is 0 Å². The van der Waals surface area contributed by atoms with Crippen molar-refractivity contribution in [3.05, 3.63) is 0 Å². The summed E-state index contributed by atoms with van der Waals surface area (Å²) in [6.07, 6.45) is 6.39. The number of fused-ring (bicyclic) bond motifs is 2. The molecule has 2 unspecified atom stereocenters. The molecule has 0 aromatic heterocycles. The summed E-state index contributed by atoms with van der Waals surface area (Å²) in [5, 5.41) is 0. The molecule has 2 aliphatic heterocycles. The molecule has 2 rings (SSSR count). The molecule has 2 saturated heterocycles. The summed E-state index contributed by atoms with van der Waals surface area (Å²) in [5.41, 5.74) is 6.13. The molecular formula is C14H28N2O. The number of hydrogen-bond donors (Lipinski definition) is 1. The lowest BCUT2D eigenvalue weighted by molar-refractivity contribution is -0.0733. The molecule has 100 valence electrons. The minimum Gasteiger partial charge on any atom is -0.375 e. The highest BCUT2D eigenvalue weighted by molar-refractivity contribution is 4.96. The second kappa shape index (κ2) is 5.25. The average molecular weight is 240 g/mol. The summed E-state index contributed by atoms with van der Waals surface area (Å²) in [6, 6.07) is 1.84. The van der Waals surface area contributed by atoms with E-state index in [2.05, 4.69) is 25.7 Å². The van der Waals surface area contributed by atoms with E-state index in [4.69, 9.17) is 10.5 Å². The van der Waals surface area contributed by atoms with Crippen molar-refractivity contribution in [1.29, 1.82) is 0 Å². The third-order valence-electron chi connectivity index (χ3n) is 4.26. The Hall–Kier alpha value is -0.120. The standard InChI is InChI=1S/C14H28N2O/c1-4-17-14(2,3)10-16-12-6-5-7-13(16)9-11(15)8-12/h11-13H,4-10,15H2,1-3H3. The zero-order valence-corrected chi connectivity index (χ0v) is 11.6. The number of nitrogens with two attached hydrogens (primary N) is 1. The van der Waals surface area contributed by atoms with Gasteiger partial charge in [0.05, 0.1) is 5.60 Å². The number of nitrogens with zero attached hydrogens (tertiary/aromatic N) is 1. The van der Waals surface area contributed by atoms with Gasteiger partial charge in [-0.2, -0.15) is 0 Å². The highest BCUT2D eigenvalue weighted by Gasteiger charge is 2.39. The topological polar surface area (TPSA) is 38.5 Å². The molecule has 0 aromatic rings. The Morgan fingerprint density at radius 3 is 2.35 bits per heavy atom. The van der Waals surface area contributed by atoms with Crippen LogP contribution < -0.4 is 5.73 Å². The molecule has 2 fully saturated rings. The largest absolute Gasteiger partial charge is 0.375 e. The van der Waals surface area contributed by atoms with Gasteiger partial charge in [-0.1, -0.05) is 6.42 Å². The zero-order valence-electron chi connectivity index (χ0n) is 11.6. The number of piperidine rings is 2. The summed E-state index contributed by atoms with van der Waals surface area (Å²) >= 11 is 0. The fourth-order valence-electron chi connectivity index (χ4n) is 3.65. The summed E-state index contributed by atoms with van der Waals surface area (Å²) in [4.78, 5) is 2.68. The van der Waals surface area contributed by atoms with Crippen LogP contribution in [0.25, 0.3) is 0 Å². The van der Waals surface area contributed by atoms with Crippen LogP contribution in [0.4, 0.5) is 0 Å². The first-order valence-electron chi connectivity index (χ1n) is 7.17. The van der Waals surface area contributed by atoms with Gasteiger partial charge in [-0.15, -0.1) is 0 Å². The molecule has 2 bridgehead atoms. The van der Waals surface area contributed by atoms with Gasteiger partial charge in [0, 0.05) is 31.3 Å². The lowest BCUT2D eigenvalue weighted by Gasteiger charge is -2.50. The Balaban J connectivity index is 2.00. The maximum absolute atomic E-state index is 6.15. The van der Waals surface area contributed by atoms with Crippen LogP contribution in [0.3, 0.4) is 0 Å². The van der Waals surface area contributed by atoms with Gasteiger partial charge in [0.2, 0.25) is 0 Å². The highest BCUT2D eigenvalue weighted by atomic mass is 16.5. The summed E-state index contributed by atoms with van der Waals surface area (Å²) in [7, 11) is 0. The first-order valence-corrected chi connectivity index (χ1v) is 7.17. The fourth-order valence-corrected chi connectivity index (χ4v) is 3.65. The Morgan fingerprint density at radius 2 is 1.82 bits per heavy atom. The van der Waals surface area contributed by atoms with E-state index in [0.717, 1.165) is 13.2 Å². The minimum atomic E-state index is -0.0238. The monoisotopic (exact) mass is 240 g/mol. The van der Waals surface area contributed by atoms with E-state index in [1.165, 1.54) is 32.1 Å². The van der Waals surface area contributed by atoms with Gasteiger partial charge in [0.15, 0.2) is 0 Å². The van der Waals surface area contributed by atoms with Crippen LogP contribution in [-0.2, 0) is 4.74 Å². The van der Waals surface area contributed by atoms with Crippen molar-refractivity contribution in [3.63, 3.8) is 0 Å². The van der Waals surface area contributed by atoms with Gasteiger partial charge in [0.1, 0.15) is 0 Å². The van der Waals surface area contributed by atoms with Crippen molar-refractivity contribution in [3.8, 4) is 0 Å². The molecule has 0 radical (unpaired) electrons. The van der Waals surface area contributed by atoms with Crippen LogP contribution in [0.1, 0.15) is 52.9 Å². The second-order valence-corrected chi connectivity index (χ2v) is 6.34. The lowest BCUT2D eigenvalue weighted by atomic mass is 9.81. The highest BCUT2D eigenvalue weighted by Crippen LogP contribution is 2.34. The SMILES string of the molecule is CCOC(C)(C)CN1C2CCCC1CC(N)C2. The van der Waals surface area contributed by atoms with Crippen LogP contribution >= 0.6 is 0 Å². The zero-order chi connectivity index (χ0) is 12.5. The van der Waals surface area contributed by atoms with Crippen LogP contribution in [0.15, 0.2) is 0 Å². The lowest BCUT2D eigenvalue weighted by Crippen LogP contribution is -2.58. The Labute approximate surface area is 106 Å². The van der Waals surface area contributed by atoms with Crippen molar-refractivity contribution in [2.45, 2.75) is 76.6 Å². The van der Waals surface area contributed by atoms with Gasteiger partial charge < -0.3 is 10.5 Å². The molecule has 0 aromatic carbocycles. The van der Waals surface area contributed by atoms with E-state index < -0.39 is 0 Å². The molecule has 2 N–H and O–H groups in total. The molecule has 0 amide bonds. The van der Waals surface area contributed by atoms with E-state index in [1.54, 1.807) is 0 Å². The van der Waals surface area contributed by atoms with Crippen molar-refractivity contribution in [2.75, 3.05) is 13.2 Å². The quantitative estimate of drug-likeness (QED) is 0.818. The first-order chi connectivity index (χ1) is 8.02. The molecule has 2 aliphatic rings. The van der Waals surface area contributed by atoms with Crippen molar-refractivity contribution >= 4 is 0 Å². The van der Waals surface area contributed by atoms with E-state index in [0.29, 0.717) is 18.1 Å². The van der Waals surface area contributed by atoms with Crippen LogP contribution in [0.2, 0.25) is 0 Å². The van der Waals surface area contributed by atoms with Crippen LogP contribution in [0.5, 0.6) is 0 Å². The van der Waals surface area contributed by atoms with Gasteiger partial charge in [-0.3, -0.25) is 4.90 Å². The van der Waals surface area contributed by atoms with Crippen molar-refractivity contribution in [1.82, 2.24) is 4.90 Å². The second-order valence-electron chi connectivity index (χ2n) is 6.34. The molecular weight excluding hydrogens is 212 g/mol. The van der Waals surface area contributed by atoms with E-state index in [-0.39, 0.29) is 5.60 Å². The van der Waals surface area contributed by atoms with Gasteiger partial charge >= 0.3 is 0 Å². The van der Waals surface area contributed by atoms with Crippen molar-refractivity contribution < 1.29 is 4.74 Å². The maximum atomic E-state index is 6.15. The maximum Gasteiger partial charge on any atom is 0.0752 e.